The van der Waals surface area contributed by atoms with E-state index in [-0.39, 0.29) is 11.3 Å². The molecule has 0 aliphatic carbocycles. The van der Waals surface area contributed by atoms with Gasteiger partial charge in [0.05, 0.1) is 0 Å². The second-order valence-corrected chi connectivity index (χ2v) is 7.16. The molecule has 1 aromatic carbocycles. The Labute approximate surface area is 139 Å². The maximum Gasteiger partial charge on any atom is 0.220 e. The third-order valence-electron chi connectivity index (χ3n) is 5.45. The van der Waals surface area contributed by atoms with E-state index in [9.17, 15) is 4.79 Å². The Kier molecular flexibility index (Phi) is 5.34. The highest BCUT2D eigenvalue weighted by Crippen LogP contribution is 2.34. The van der Waals surface area contributed by atoms with Crippen LogP contribution in [0.2, 0.25) is 0 Å². The van der Waals surface area contributed by atoms with Crippen LogP contribution in [-0.4, -0.2) is 50.7 Å². The van der Waals surface area contributed by atoms with Crippen LogP contribution in [0.3, 0.4) is 0 Å². The molecule has 126 valence electrons. The number of carbonyl (C=O) groups is 1. The van der Waals surface area contributed by atoms with Crippen molar-refractivity contribution in [2.24, 2.45) is 5.92 Å². The molecule has 2 heterocycles. The Balaban J connectivity index is 1.63. The molecule has 3 rings (SSSR count). The van der Waals surface area contributed by atoms with Crippen LogP contribution < -0.4 is 5.32 Å². The van der Waals surface area contributed by atoms with Crippen molar-refractivity contribution in [2.75, 3.05) is 39.9 Å². The van der Waals surface area contributed by atoms with E-state index >= 15 is 0 Å². The molecular weight excluding hydrogens is 288 g/mol. The van der Waals surface area contributed by atoms with Gasteiger partial charge >= 0.3 is 0 Å². The Bertz CT molecular complexity index is 503. The summed E-state index contributed by atoms with van der Waals surface area (Å²) >= 11 is 0. The van der Waals surface area contributed by atoms with Crippen molar-refractivity contribution in [3.63, 3.8) is 0 Å². The number of piperidine rings is 1. The van der Waals surface area contributed by atoms with Crippen LogP contribution in [0.25, 0.3) is 0 Å². The lowest BCUT2D eigenvalue weighted by Crippen LogP contribution is -2.48. The fourth-order valence-electron chi connectivity index (χ4n) is 3.75. The summed E-state index contributed by atoms with van der Waals surface area (Å²) in [5.74, 6) is 0.579. The first kappa shape index (κ1) is 16.5. The number of benzene rings is 1. The van der Waals surface area contributed by atoms with E-state index in [0.717, 1.165) is 52.1 Å². The summed E-state index contributed by atoms with van der Waals surface area (Å²) in [6.45, 7) is 4.46. The summed E-state index contributed by atoms with van der Waals surface area (Å²) in [7, 11) is 2.17. The fourth-order valence-corrected chi connectivity index (χ4v) is 3.75. The van der Waals surface area contributed by atoms with E-state index in [1.54, 1.807) is 0 Å². The molecule has 2 aliphatic heterocycles. The van der Waals surface area contributed by atoms with Crippen LogP contribution in [-0.2, 0) is 14.9 Å². The van der Waals surface area contributed by atoms with Crippen molar-refractivity contribution < 1.29 is 9.53 Å². The number of amides is 1. The van der Waals surface area contributed by atoms with Gasteiger partial charge in [0, 0.05) is 31.6 Å². The van der Waals surface area contributed by atoms with Crippen molar-refractivity contribution in [1.29, 1.82) is 0 Å². The lowest BCUT2D eigenvalue weighted by atomic mass is 9.72. The van der Waals surface area contributed by atoms with E-state index in [4.69, 9.17) is 4.74 Å². The summed E-state index contributed by atoms with van der Waals surface area (Å²) in [6, 6.07) is 10.7. The minimum atomic E-state index is 0.0790. The quantitative estimate of drug-likeness (QED) is 0.905. The van der Waals surface area contributed by atoms with Crippen molar-refractivity contribution in [1.82, 2.24) is 10.2 Å². The molecule has 1 aromatic rings. The summed E-state index contributed by atoms with van der Waals surface area (Å²) in [5, 5.41) is 3.22. The second kappa shape index (κ2) is 7.45. The zero-order chi connectivity index (χ0) is 16.1. The largest absolute Gasteiger partial charge is 0.381 e. The van der Waals surface area contributed by atoms with E-state index in [1.807, 2.05) is 0 Å². The molecule has 0 bridgehead atoms. The molecule has 0 aromatic heterocycles. The third-order valence-corrected chi connectivity index (χ3v) is 5.45. The van der Waals surface area contributed by atoms with Gasteiger partial charge in [-0.3, -0.25) is 4.79 Å². The minimum absolute atomic E-state index is 0.0790. The molecule has 4 heteroatoms. The predicted molar refractivity (Wildman–Crippen MR) is 91.4 cm³/mol. The number of ether oxygens (including phenoxy) is 1. The van der Waals surface area contributed by atoms with Gasteiger partial charge in [-0.25, -0.2) is 0 Å². The van der Waals surface area contributed by atoms with Gasteiger partial charge in [0.25, 0.3) is 0 Å². The molecule has 1 N–H and O–H groups in total. The first-order chi connectivity index (χ1) is 11.2. The number of nitrogens with one attached hydrogen (secondary N) is 1. The number of carbonyl (C=O) groups excluding carboxylic acids is 1. The fraction of sp³-hybridized carbons (Fsp3) is 0.632. The number of likely N-dealkylation sites (tertiary alicyclic amines) is 1. The van der Waals surface area contributed by atoms with Crippen LogP contribution in [0, 0.1) is 5.92 Å². The molecule has 4 nitrogen and oxygen atoms in total. The van der Waals surface area contributed by atoms with Gasteiger partial charge in [-0.05, 0) is 50.9 Å². The summed E-state index contributed by atoms with van der Waals surface area (Å²) < 4.78 is 5.37. The SMILES string of the molecule is CN1CCC(CNC(=O)C[C@@H]2CCOC2)(c2ccccc2)CC1. The molecular formula is C19H28N2O2. The molecule has 1 amide bonds. The van der Waals surface area contributed by atoms with Gasteiger partial charge in [0.2, 0.25) is 5.91 Å². The second-order valence-electron chi connectivity index (χ2n) is 7.16. The highest BCUT2D eigenvalue weighted by Gasteiger charge is 2.35. The Morgan fingerprint density at radius 3 is 2.70 bits per heavy atom. The topological polar surface area (TPSA) is 41.6 Å². The highest BCUT2D eigenvalue weighted by atomic mass is 16.5. The number of hydrogen-bond acceptors (Lipinski definition) is 3. The van der Waals surface area contributed by atoms with Gasteiger partial charge in [-0.2, -0.15) is 0 Å². The van der Waals surface area contributed by atoms with Crippen molar-refractivity contribution >= 4 is 5.91 Å². The van der Waals surface area contributed by atoms with Gasteiger partial charge in [0.1, 0.15) is 0 Å². The summed E-state index contributed by atoms with van der Waals surface area (Å²) in [4.78, 5) is 14.7. The highest BCUT2D eigenvalue weighted by molar-refractivity contribution is 5.76. The molecule has 1 atom stereocenters. The van der Waals surface area contributed by atoms with Gasteiger partial charge in [-0.1, -0.05) is 30.3 Å². The van der Waals surface area contributed by atoms with Crippen LogP contribution in [0.1, 0.15) is 31.2 Å². The maximum atomic E-state index is 12.3. The van der Waals surface area contributed by atoms with E-state index in [2.05, 4.69) is 47.6 Å². The Morgan fingerprint density at radius 1 is 1.30 bits per heavy atom. The predicted octanol–water partition coefficient (Wildman–Crippen LogP) is 2.19. The molecule has 2 aliphatic rings. The molecule has 23 heavy (non-hydrogen) atoms. The average molecular weight is 316 g/mol. The van der Waals surface area contributed by atoms with Crippen molar-refractivity contribution in [3.05, 3.63) is 35.9 Å². The molecule has 0 radical (unpaired) electrons. The molecule has 0 saturated carbocycles. The van der Waals surface area contributed by atoms with Crippen molar-refractivity contribution in [2.45, 2.75) is 31.1 Å². The standard InChI is InChI=1S/C19H28N2O2/c1-21-10-8-19(9-11-21,17-5-3-2-4-6-17)15-20-18(22)13-16-7-12-23-14-16/h2-6,16H,7-15H2,1H3,(H,20,22)/t16-/m0/s1. The Morgan fingerprint density at radius 2 is 2.04 bits per heavy atom. The molecule has 2 fully saturated rings. The van der Waals surface area contributed by atoms with Crippen LogP contribution in [0.15, 0.2) is 30.3 Å². The van der Waals surface area contributed by atoms with Gasteiger partial charge < -0.3 is 15.0 Å². The minimum Gasteiger partial charge on any atom is -0.381 e. The monoisotopic (exact) mass is 316 g/mol. The van der Waals surface area contributed by atoms with Gasteiger partial charge in [-0.15, -0.1) is 0 Å². The van der Waals surface area contributed by atoms with Crippen LogP contribution >= 0.6 is 0 Å². The number of nitrogens with zero attached hydrogens (tertiary/aromatic N) is 1. The zero-order valence-electron chi connectivity index (χ0n) is 14.1. The van der Waals surface area contributed by atoms with Crippen LogP contribution in [0.5, 0.6) is 0 Å². The average Bonchev–Trinajstić information content (AvgIpc) is 3.08. The first-order valence-electron chi connectivity index (χ1n) is 8.76. The lowest BCUT2D eigenvalue weighted by molar-refractivity contribution is -0.122. The van der Waals surface area contributed by atoms with E-state index < -0.39 is 0 Å². The summed E-state index contributed by atoms with van der Waals surface area (Å²) in [6.07, 6.45) is 3.81. The number of rotatable bonds is 5. The van der Waals surface area contributed by atoms with Gasteiger partial charge in [0.15, 0.2) is 0 Å². The van der Waals surface area contributed by atoms with Crippen LogP contribution in [0.4, 0.5) is 0 Å². The molecule has 0 unspecified atom stereocenters. The maximum absolute atomic E-state index is 12.3. The Hall–Kier alpha value is -1.39. The lowest BCUT2D eigenvalue weighted by Gasteiger charge is -2.41. The first-order valence-corrected chi connectivity index (χ1v) is 8.76. The van der Waals surface area contributed by atoms with Crippen molar-refractivity contribution in [3.8, 4) is 0 Å². The third kappa shape index (κ3) is 4.12. The zero-order valence-corrected chi connectivity index (χ0v) is 14.1. The summed E-state index contributed by atoms with van der Waals surface area (Å²) in [5.41, 5.74) is 1.44. The molecule has 0 spiro atoms. The number of hydrogen-bond donors (Lipinski definition) is 1. The molecule has 2 saturated heterocycles. The van der Waals surface area contributed by atoms with E-state index in [1.165, 1.54) is 5.56 Å². The normalized spacial score (nSPS) is 24.5. The van der Waals surface area contributed by atoms with E-state index in [0.29, 0.717) is 12.3 Å². The smallest absolute Gasteiger partial charge is 0.220 e.